The molecule has 1 aromatic heterocycles. The fourth-order valence-corrected chi connectivity index (χ4v) is 4.25. The highest BCUT2D eigenvalue weighted by Gasteiger charge is 2.27. The van der Waals surface area contributed by atoms with Crippen molar-refractivity contribution in [3.05, 3.63) is 87.1 Å². The lowest BCUT2D eigenvalue weighted by molar-refractivity contribution is 0.0596. The normalized spacial score (nSPS) is 15.3. The molecule has 1 amide bonds. The van der Waals surface area contributed by atoms with Gasteiger partial charge in [-0.15, -0.1) is 0 Å². The minimum absolute atomic E-state index is 0.143. The summed E-state index contributed by atoms with van der Waals surface area (Å²) in [5.74, 6) is -0.835. The smallest absolute Gasteiger partial charge is 0.338 e. The van der Waals surface area contributed by atoms with E-state index in [0.29, 0.717) is 12.1 Å². The topological polar surface area (TPSA) is 73.2 Å². The van der Waals surface area contributed by atoms with Crippen LogP contribution in [0.3, 0.4) is 0 Å². The molecule has 0 fully saturated rings. The maximum Gasteiger partial charge on any atom is 0.338 e. The van der Waals surface area contributed by atoms with Gasteiger partial charge < -0.3 is 10.1 Å². The quantitative estimate of drug-likeness (QED) is 0.568. The number of carbonyl (C=O) groups excluding carboxylic acids is 2. The van der Waals surface area contributed by atoms with Crippen LogP contribution in [-0.4, -0.2) is 28.8 Å². The third-order valence-electron chi connectivity index (χ3n) is 5.37. The van der Waals surface area contributed by atoms with Crippen LogP contribution in [0.15, 0.2) is 59.2 Å². The largest absolute Gasteiger partial charge is 0.465 e. The number of fused-ring (bicyclic) bond motifs is 1. The average molecular weight is 468 g/mol. The Balaban J connectivity index is 1.57. The van der Waals surface area contributed by atoms with Crippen molar-refractivity contribution < 1.29 is 14.3 Å². The molecule has 2 aromatic carbocycles. The first-order valence-corrected chi connectivity index (χ1v) is 10.6. The molecule has 0 spiro atoms. The molecule has 1 heterocycles. The van der Waals surface area contributed by atoms with Crippen molar-refractivity contribution in [3.8, 4) is 0 Å². The first-order valence-electron chi connectivity index (χ1n) is 9.84. The molecule has 1 atom stereocenters. The Kier molecular flexibility index (Phi) is 5.99. The molecule has 30 heavy (non-hydrogen) atoms. The Morgan fingerprint density at radius 3 is 2.77 bits per heavy atom. The number of amides is 1. The van der Waals surface area contributed by atoms with Crippen molar-refractivity contribution in [3.63, 3.8) is 0 Å². The van der Waals surface area contributed by atoms with Crippen LogP contribution in [0.2, 0.25) is 0 Å². The first-order chi connectivity index (χ1) is 14.6. The second kappa shape index (κ2) is 8.83. The molecule has 6 nitrogen and oxygen atoms in total. The van der Waals surface area contributed by atoms with Crippen LogP contribution in [0.4, 0.5) is 0 Å². The van der Waals surface area contributed by atoms with E-state index in [1.54, 1.807) is 18.2 Å². The molecule has 0 radical (unpaired) electrons. The molecule has 0 saturated carbocycles. The standard InChI is InChI=1S/C23H22BrN3O3/c1-30-23(29)17-11-10-16(24)12-18(17)22(28)26-20-8-5-9-21-19(20)13-25-27(21)14-15-6-3-2-4-7-15/h2-4,6-7,10-13,20H,5,8-9,14H2,1H3,(H,26,28). The molecular formula is C23H22BrN3O3. The monoisotopic (exact) mass is 467 g/mol. The number of hydrogen-bond acceptors (Lipinski definition) is 4. The van der Waals surface area contributed by atoms with Crippen LogP contribution < -0.4 is 5.32 Å². The molecule has 1 N–H and O–H groups in total. The lowest BCUT2D eigenvalue weighted by Crippen LogP contribution is -2.32. The van der Waals surface area contributed by atoms with Crippen LogP contribution in [0, 0.1) is 0 Å². The maximum absolute atomic E-state index is 13.0. The zero-order valence-corrected chi connectivity index (χ0v) is 18.2. The SMILES string of the molecule is COC(=O)c1ccc(Br)cc1C(=O)NC1CCCc2c1cnn2Cc1ccccc1. The van der Waals surface area contributed by atoms with E-state index >= 15 is 0 Å². The lowest BCUT2D eigenvalue weighted by Gasteiger charge is -2.24. The molecule has 3 aromatic rings. The number of rotatable bonds is 5. The van der Waals surface area contributed by atoms with Crippen molar-refractivity contribution >= 4 is 27.8 Å². The summed E-state index contributed by atoms with van der Waals surface area (Å²) >= 11 is 3.38. The predicted molar refractivity (Wildman–Crippen MR) is 116 cm³/mol. The third-order valence-corrected chi connectivity index (χ3v) is 5.87. The van der Waals surface area contributed by atoms with Gasteiger partial charge in [-0.1, -0.05) is 46.3 Å². The molecule has 0 saturated heterocycles. The molecule has 4 rings (SSSR count). The zero-order chi connectivity index (χ0) is 21.1. The third kappa shape index (κ3) is 4.16. The minimum Gasteiger partial charge on any atom is -0.465 e. The zero-order valence-electron chi connectivity index (χ0n) is 16.6. The van der Waals surface area contributed by atoms with Gasteiger partial charge in [-0.25, -0.2) is 4.79 Å². The predicted octanol–water partition coefficient (Wildman–Crippen LogP) is 4.29. The van der Waals surface area contributed by atoms with E-state index in [4.69, 9.17) is 4.74 Å². The van der Waals surface area contributed by atoms with Gasteiger partial charge in [-0.2, -0.15) is 5.10 Å². The number of ether oxygens (including phenoxy) is 1. The second-order valence-corrected chi connectivity index (χ2v) is 8.21. The van der Waals surface area contributed by atoms with E-state index in [0.717, 1.165) is 35.0 Å². The summed E-state index contributed by atoms with van der Waals surface area (Å²) in [5, 5.41) is 7.67. The summed E-state index contributed by atoms with van der Waals surface area (Å²) in [4.78, 5) is 25.1. The summed E-state index contributed by atoms with van der Waals surface area (Å²) in [7, 11) is 1.31. The Morgan fingerprint density at radius 2 is 2.00 bits per heavy atom. The molecule has 0 bridgehead atoms. The first kappa shape index (κ1) is 20.3. The summed E-state index contributed by atoms with van der Waals surface area (Å²) in [6.45, 7) is 0.703. The molecule has 1 aliphatic carbocycles. The number of nitrogens with zero attached hydrogens (tertiary/aromatic N) is 2. The summed E-state index contributed by atoms with van der Waals surface area (Å²) in [6, 6.07) is 15.0. The number of hydrogen-bond donors (Lipinski definition) is 1. The summed E-state index contributed by atoms with van der Waals surface area (Å²) in [5.41, 5.74) is 3.92. The minimum atomic E-state index is -0.535. The number of esters is 1. The van der Waals surface area contributed by atoms with Crippen molar-refractivity contribution in [1.29, 1.82) is 0 Å². The van der Waals surface area contributed by atoms with E-state index in [1.807, 2.05) is 29.1 Å². The average Bonchev–Trinajstić information content (AvgIpc) is 3.17. The van der Waals surface area contributed by atoms with Gasteiger partial charge in [0.1, 0.15) is 0 Å². The molecule has 1 unspecified atom stereocenters. The second-order valence-electron chi connectivity index (χ2n) is 7.29. The Morgan fingerprint density at radius 1 is 1.20 bits per heavy atom. The number of methoxy groups -OCH3 is 1. The molecule has 1 aliphatic rings. The molecular weight excluding hydrogens is 446 g/mol. The van der Waals surface area contributed by atoms with Crippen LogP contribution in [0.25, 0.3) is 0 Å². The fraction of sp³-hybridized carbons (Fsp3) is 0.261. The summed E-state index contributed by atoms with van der Waals surface area (Å²) in [6.07, 6.45) is 4.57. The van der Waals surface area contributed by atoms with Crippen molar-refractivity contribution in [2.75, 3.05) is 7.11 Å². The summed E-state index contributed by atoms with van der Waals surface area (Å²) < 4.78 is 7.56. The Hall–Kier alpha value is -2.93. The Labute approximate surface area is 183 Å². The van der Waals surface area contributed by atoms with Crippen molar-refractivity contribution in [2.24, 2.45) is 0 Å². The van der Waals surface area contributed by atoms with Gasteiger partial charge in [0, 0.05) is 15.7 Å². The van der Waals surface area contributed by atoms with E-state index in [1.165, 1.54) is 12.7 Å². The van der Waals surface area contributed by atoms with Crippen molar-refractivity contribution in [2.45, 2.75) is 31.8 Å². The molecule has 7 heteroatoms. The van der Waals surface area contributed by atoms with E-state index in [9.17, 15) is 9.59 Å². The lowest BCUT2D eigenvalue weighted by atomic mass is 9.92. The number of benzene rings is 2. The van der Waals surface area contributed by atoms with Crippen molar-refractivity contribution in [1.82, 2.24) is 15.1 Å². The van der Waals surface area contributed by atoms with Crippen LogP contribution >= 0.6 is 15.9 Å². The van der Waals surface area contributed by atoms with Gasteiger partial charge in [-0.3, -0.25) is 9.48 Å². The Bertz CT molecular complexity index is 1080. The van der Waals surface area contributed by atoms with Gasteiger partial charge in [0.05, 0.1) is 37.0 Å². The van der Waals surface area contributed by atoms with E-state index in [-0.39, 0.29) is 17.5 Å². The highest BCUT2D eigenvalue weighted by atomic mass is 79.9. The van der Waals surface area contributed by atoms with E-state index < -0.39 is 5.97 Å². The van der Waals surface area contributed by atoms with Crippen LogP contribution in [-0.2, 0) is 17.7 Å². The van der Waals surface area contributed by atoms with Gasteiger partial charge >= 0.3 is 5.97 Å². The number of carbonyl (C=O) groups is 2. The highest BCUT2D eigenvalue weighted by Crippen LogP contribution is 2.30. The molecule has 0 aliphatic heterocycles. The van der Waals surface area contributed by atoms with Gasteiger partial charge in [0.25, 0.3) is 5.91 Å². The van der Waals surface area contributed by atoms with Gasteiger partial charge in [0.15, 0.2) is 0 Å². The van der Waals surface area contributed by atoms with Crippen LogP contribution in [0.5, 0.6) is 0 Å². The van der Waals surface area contributed by atoms with E-state index in [2.05, 4.69) is 38.5 Å². The van der Waals surface area contributed by atoms with Gasteiger partial charge in [0.2, 0.25) is 0 Å². The maximum atomic E-state index is 13.0. The fourth-order valence-electron chi connectivity index (χ4n) is 3.89. The molecule has 154 valence electrons. The van der Waals surface area contributed by atoms with Crippen LogP contribution in [0.1, 0.15) is 56.4 Å². The highest BCUT2D eigenvalue weighted by molar-refractivity contribution is 9.10. The van der Waals surface area contributed by atoms with Gasteiger partial charge in [-0.05, 0) is 43.0 Å². The number of halogens is 1. The number of nitrogens with one attached hydrogen (secondary N) is 1. The number of aromatic nitrogens is 2.